The topological polar surface area (TPSA) is 249 Å². The SMILES string of the molecule is O=c1cc(-c2ccc(O[C@H]3O[C@@H](CO)[C@H](O)[C@@H](O)[C@@H]3O)cc2)oc2cc(O[C@@H]3O[C@H](CO)[C@@H](O)[C@H](O)[C@H]3O)cc(O)c12. The summed E-state index contributed by atoms with van der Waals surface area (Å²) < 4.78 is 27.6. The van der Waals surface area contributed by atoms with Crippen LogP contribution in [0.15, 0.2) is 51.7 Å². The van der Waals surface area contributed by atoms with Gasteiger partial charge >= 0.3 is 0 Å². The van der Waals surface area contributed by atoms with Gasteiger partial charge in [0, 0.05) is 23.8 Å². The smallest absolute Gasteiger partial charge is 0.229 e. The van der Waals surface area contributed by atoms with Gasteiger partial charge in [-0.05, 0) is 24.3 Å². The van der Waals surface area contributed by atoms with Crippen molar-refractivity contribution in [3.8, 4) is 28.6 Å². The van der Waals surface area contributed by atoms with Crippen LogP contribution in [0.1, 0.15) is 0 Å². The Labute approximate surface area is 236 Å². The van der Waals surface area contributed by atoms with Gasteiger partial charge in [-0.2, -0.15) is 0 Å². The average Bonchev–Trinajstić information content (AvgIpc) is 2.97. The van der Waals surface area contributed by atoms with Crippen LogP contribution in [0.25, 0.3) is 22.3 Å². The molecule has 5 rings (SSSR count). The summed E-state index contributed by atoms with van der Waals surface area (Å²) in [4.78, 5) is 12.8. The summed E-state index contributed by atoms with van der Waals surface area (Å²) in [5.41, 5.74) is -0.293. The Morgan fingerprint density at radius 2 is 1.19 bits per heavy atom. The highest BCUT2D eigenvalue weighted by atomic mass is 16.7. The molecule has 15 nitrogen and oxygen atoms in total. The van der Waals surface area contributed by atoms with Gasteiger partial charge in [-0.1, -0.05) is 0 Å². The van der Waals surface area contributed by atoms with Gasteiger partial charge in [-0.15, -0.1) is 0 Å². The molecule has 0 aliphatic carbocycles. The van der Waals surface area contributed by atoms with Gasteiger partial charge < -0.3 is 69.3 Å². The molecule has 0 amide bonds. The molecule has 0 bridgehead atoms. The molecule has 228 valence electrons. The fraction of sp³-hybridized carbons (Fsp3) is 0.444. The minimum absolute atomic E-state index is 0.0799. The standard InChI is InChI=1S/C27H30O15/c28-8-17-20(32)22(34)24(36)26(41-17)38-11-3-1-10(2-4-11)15-7-14(31)19-13(30)5-12(6-16(19)40-15)39-27-25(37)23(35)21(33)18(9-29)42-27/h1-7,17-18,20-30,32-37H,8-9H2/t17-,18+,20-,21+,22+,23-,24-,25+,26-,27+/m0/s1. The molecule has 1 aromatic heterocycles. The van der Waals surface area contributed by atoms with E-state index in [9.17, 15) is 50.8 Å². The lowest BCUT2D eigenvalue weighted by Crippen LogP contribution is -2.60. The number of benzene rings is 2. The molecule has 3 heterocycles. The van der Waals surface area contributed by atoms with Crippen molar-refractivity contribution in [1.29, 1.82) is 0 Å². The summed E-state index contributed by atoms with van der Waals surface area (Å²) in [6.07, 6.45) is -15.0. The zero-order valence-corrected chi connectivity index (χ0v) is 21.7. The second kappa shape index (κ2) is 12.1. The number of hydrogen-bond acceptors (Lipinski definition) is 15. The van der Waals surface area contributed by atoms with Gasteiger partial charge in [-0.25, -0.2) is 0 Å². The Hall–Kier alpha value is -3.35. The predicted molar refractivity (Wildman–Crippen MR) is 138 cm³/mol. The summed E-state index contributed by atoms with van der Waals surface area (Å²) in [5.74, 6) is -0.362. The van der Waals surface area contributed by atoms with E-state index in [4.69, 9.17) is 23.4 Å². The van der Waals surface area contributed by atoms with Crippen molar-refractivity contribution in [3.05, 3.63) is 52.7 Å². The second-order valence-electron chi connectivity index (χ2n) is 9.95. The van der Waals surface area contributed by atoms with Crippen molar-refractivity contribution in [2.45, 2.75) is 61.4 Å². The molecule has 0 unspecified atom stereocenters. The first-order valence-corrected chi connectivity index (χ1v) is 12.9. The molecule has 0 saturated carbocycles. The third kappa shape index (κ3) is 5.67. The maximum atomic E-state index is 12.8. The minimum Gasteiger partial charge on any atom is -0.507 e. The van der Waals surface area contributed by atoms with E-state index in [2.05, 4.69) is 0 Å². The number of rotatable bonds is 7. The molecule has 2 aliphatic rings. The van der Waals surface area contributed by atoms with Crippen LogP contribution >= 0.6 is 0 Å². The van der Waals surface area contributed by atoms with Crippen molar-refractivity contribution >= 4 is 11.0 Å². The Morgan fingerprint density at radius 3 is 1.71 bits per heavy atom. The normalized spacial score (nSPS) is 33.4. The van der Waals surface area contributed by atoms with Gasteiger partial charge in [0.25, 0.3) is 0 Å². The number of ether oxygens (including phenoxy) is 4. The van der Waals surface area contributed by atoms with E-state index in [1.165, 1.54) is 30.3 Å². The third-order valence-corrected chi connectivity index (χ3v) is 7.12. The van der Waals surface area contributed by atoms with Crippen molar-refractivity contribution in [2.75, 3.05) is 13.2 Å². The summed E-state index contributed by atoms with van der Waals surface area (Å²) in [6, 6.07) is 9.40. The molecule has 9 N–H and O–H groups in total. The Kier molecular flexibility index (Phi) is 8.68. The first-order valence-electron chi connectivity index (χ1n) is 12.9. The first-order chi connectivity index (χ1) is 20.0. The van der Waals surface area contributed by atoms with Crippen LogP contribution in [0.2, 0.25) is 0 Å². The maximum Gasteiger partial charge on any atom is 0.229 e. The van der Waals surface area contributed by atoms with Gasteiger partial charge in [0.15, 0.2) is 5.43 Å². The van der Waals surface area contributed by atoms with Gasteiger partial charge in [-0.3, -0.25) is 4.79 Å². The van der Waals surface area contributed by atoms with E-state index >= 15 is 0 Å². The molecule has 2 fully saturated rings. The minimum atomic E-state index is -1.71. The predicted octanol–water partition coefficient (Wildman–Crippen LogP) is -2.48. The molecule has 42 heavy (non-hydrogen) atoms. The Bertz CT molecular complexity index is 1440. The highest BCUT2D eigenvalue weighted by Gasteiger charge is 2.45. The number of hydrogen-bond donors (Lipinski definition) is 9. The largest absolute Gasteiger partial charge is 0.507 e. The highest BCUT2D eigenvalue weighted by molar-refractivity contribution is 5.86. The number of aliphatic hydroxyl groups is 8. The second-order valence-corrected chi connectivity index (χ2v) is 9.95. The summed E-state index contributed by atoms with van der Waals surface area (Å²) in [5, 5.41) is 89.3. The number of fused-ring (bicyclic) bond motifs is 1. The molecule has 2 saturated heterocycles. The van der Waals surface area contributed by atoms with Crippen LogP contribution in [0.4, 0.5) is 0 Å². The molecule has 2 aliphatic heterocycles. The monoisotopic (exact) mass is 594 g/mol. The lowest BCUT2D eigenvalue weighted by Gasteiger charge is -2.39. The molecule has 0 spiro atoms. The molecular formula is C27H30O15. The lowest BCUT2D eigenvalue weighted by molar-refractivity contribution is -0.277. The average molecular weight is 595 g/mol. The summed E-state index contributed by atoms with van der Waals surface area (Å²) in [7, 11) is 0. The van der Waals surface area contributed by atoms with Gasteiger partial charge in [0.1, 0.15) is 82.8 Å². The van der Waals surface area contributed by atoms with E-state index in [-0.39, 0.29) is 28.2 Å². The zero-order chi connectivity index (χ0) is 30.3. The number of phenolic OH excluding ortho intramolecular Hbond substituents is 1. The van der Waals surface area contributed by atoms with Crippen molar-refractivity contribution in [3.63, 3.8) is 0 Å². The van der Waals surface area contributed by atoms with Crippen LogP contribution in [-0.2, 0) is 9.47 Å². The fourth-order valence-electron chi connectivity index (χ4n) is 4.75. The molecule has 3 aromatic rings. The van der Waals surface area contributed by atoms with Gasteiger partial charge in [0.2, 0.25) is 12.6 Å². The summed E-state index contributed by atoms with van der Waals surface area (Å²) in [6.45, 7) is -1.28. The van der Waals surface area contributed by atoms with E-state index in [0.29, 0.717) is 5.56 Å². The lowest BCUT2D eigenvalue weighted by atomic mass is 9.99. The Balaban J connectivity index is 1.37. The van der Waals surface area contributed by atoms with Crippen molar-refractivity contribution in [2.24, 2.45) is 0 Å². The van der Waals surface area contributed by atoms with Crippen LogP contribution < -0.4 is 14.9 Å². The van der Waals surface area contributed by atoms with Crippen LogP contribution in [0.5, 0.6) is 17.2 Å². The number of aromatic hydroxyl groups is 1. The fourth-order valence-corrected chi connectivity index (χ4v) is 4.75. The Morgan fingerprint density at radius 1 is 0.667 bits per heavy atom. The van der Waals surface area contributed by atoms with E-state index in [0.717, 1.165) is 12.1 Å². The van der Waals surface area contributed by atoms with E-state index in [1.54, 1.807) is 0 Å². The molecular weight excluding hydrogens is 564 g/mol. The molecule has 10 atom stereocenters. The number of phenols is 1. The first kappa shape index (κ1) is 30.1. The van der Waals surface area contributed by atoms with Crippen molar-refractivity contribution < 1.29 is 69.3 Å². The third-order valence-electron chi connectivity index (χ3n) is 7.12. The van der Waals surface area contributed by atoms with Crippen LogP contribution in [0.3, 0.4) is 0 Å². The van der Waals surface area contributed by atoms with Gasteiger partial charge in [0.05, 0.1) is 13.2 Å². The van der Waals surface area contributed by atoms with E-state index in [1.807, 2.05) is 0 Å². The molecule has 15 heteroatoms. The van der Waals surface area contributed by atoms with Crippen LogP contribution in [-0.4, -0.2) is 121 Å². The van der Waals surface area contributed by atoms with E-state index < -0.39 is 85.8 Å². The van der Waals surface area contributed by atoms with Crippen LogP contribution in [0, 0.1) is 0 Å². The molecule has 2 aromatic carbocycles. The summed E-state index contributed by atoms with van der Waals surface area (Å²) >= 11 is 0. The number of aliphatic hydroxyl groups excluding tert-OH is 8. The zero-order valence-electron chi connectivity index (χ0n) is 21.7. The van der Waals surface area contributed by atoms with Crippen molar-refractivity contribution in [1.82, 2.24) is 0 Å². The maximum absolute atomic E-state index is 12.8. The quantitative estimate of drug-likeness (QED) is 0.137. The molecule has 0 radical (unpaired) electrons. The highest BCUT2D eigenvalue weighted by Crippen LogP contribution is 2.34.